The third kappa shape index (κ3) is 4.78. The number of aromatic nitrogens is 1. The molecule has 1 aromatic heterocycles. The summed E-state index contributed by atoms with van der Waals surface area (Å²) < 4.78 is 24.2. The van der Waals surface area contributed by atoms with Crippen LogP contribution in [0.15, 0.2) is 18.3 Å². The minimum Gasteiger partial charge on any atom is -0.370 e. The number of carbonyl (C=O) groups is 1. The summed E-state index contributed by atoms with van der Waals surface area (Å²) in [5.74, 6) is 0.165. The lowest BCUT2D eigenvalue weighted by atomic mass is 10.2. The molecule has 0 saturated heterocycles. The number of hydrogen-bond donors (Lipinski definition) is 2. The van der Waals surface area contributed by atoms with E-state index in [9.17, 15) is 13.2 Å². The highest BCUT2D eigenvalue weighted by Gasteiger charge is 2.14. The molecule has 8 heteroatoms. The van der Waals surface area contributed by atoms with Gasteiger partial charge in [0.05, 0.1) is 5.75 Å². The van der Waals surface area contributed by atoms with Crippen LogP contribution in [0.5, 0.6) is 0 Å². The minimum absolute atomic E-state index is 0.0677. The highest BCUT2D eigenvalue weighted by Crippen LogP contribution is 2.06. The molecule has 0 aliphatic carbocycles. The monoisotopic (exact) mass is 300 g/mol. The van der Waals surface area contributed by atoms with Crippen molar-refractivity contribution in [3.8, 4) is 0 Å². The largest absolute Gasteiger partial charge is 0.370 e. The van der Waals surface area contributed by atoms with Gasteiger partial charge in [-0.3, -0.25) is 4.79 Å². The summed E-state index contributed by atoms with van der Waals surface area (Å²) in [5.41, 5.74) is 0.443. The van der Waals surface area contributed by atoms with Gasteiger partial charge in [0.2, 0.25) is 10.0 Å². The van der Waals surface area contributed by atoms with Crippen LogP contribution in [0.3, 0.4) is 0 Å². The molecule has 1 aromatic rings. The van der Waals surface area contributed by atoms with Gasteiger partial charge >= 0.3 is 0 Å². The fourth-order valence-electron chi connectivity index (χ4n) is 1.43. The Kier molecular flexibility index (Phi) is 5.90. The molecule has 0 aliphatic heterocycles. The molecular formula is C12H20N4O3S. The number of pyridine rings is 1. The molecule has 7 nitrogen and oxygen atoms in total. The topological polar surface area (TPSA) is 91.4 Å². The summed E-state index contributed by atoms with van der Waals surface area (Å²) in [7, 11) is -0.377. The molecule has 1 rings (SSSR count). The fraction of sp³-hybridized carbons (Fsp3) is 0.500. The van der Waals surface area contributed by atoms with Crippen molar-refractivity contribution >= 4 is 21.7 Å². The first-order valence-corrected chi connectivity index (χ1v) is 7.86. The minimum atomic E-state index is -3.30. The van der Waals surface area contributed by atoms with E-state index in [4.69, 9.17) is 0 Å². The van der Waals surface area contributed by atoms with Crippen LogP contribution in [0, 0.1) is 0 Å². The molecule has 2 N–H and O–H groups in total. The van der Waals surface area contributed by atoms with E-state index >= 15 is 0 Å². The molecule has 0 bridgehead atoms. The molecule has 0 radical (unpaired) electrons. The van der Waals surface area contributed by atoms with Gasteiger partial charge in [-0.1, -0.05) is 0 Å². The van der Waals surface area contributed by atoms with Gasteiger partial charge in [-0.05, 0) is 19.1 Å². The van der Waals surface area contributed by atoms with E-state index in [0.29, 0.717) is 17.9 Å². The smallest absolute Gasteiger partial charge is 0.251 e. The van der Waals surface area contributed by atoms with Gasteiger partial charge in [0, 0.05) is 38.9 Å². The Morgan fingerprint density at radius 3 is 2.70 bits per heavy atom. The van der Waals surface area contributed by atoms with Gasteiger partial charge < -0.3 is 10.6 Å². The molecule has 0 saturated carbocycles. The first kappa shape index (κ1) is 16.4. The molecule has 0 unspecified atom stereocenters. The summed E-state index contributed by atoms with van der Waals surface area (Å²) in [6.45, 7) is 2.71. The van der Waals surface area contributed by atoms with Crippen LogP contribution in [0.1, 0.15) is 17.3 Å². The zero-order chi connectivity index (χ0) is 15.2. The van der Waals surface area contributed by atoms with E-state index < -0.39 is 10.0 Å². The predicted octanol–water partition coefficient (Wildman–Crippen LogP) is 0.135. The molecule has 0 aliphatic rings. The quantitative estimate of drug-likeness (QED) is 0.747. The van der Waals surface area contributed by atoms with Gasteiger partial charge in [0.1, 0.15) is 5.82 Å². The molecule has 0 atom stereocenters. The number of anilines is 1. The highest BCUT2D eigenvalue weighted by molar-refractivity contribution is 7.89. The number of sulfonamides is 1. The van der Waals surface area contributed by atoms with Crippen LogP contribution in [0.4, 0.5) is 5.82 Å². The average Bonchev–Trinajstić information content (AvgIpc) is 2.39. The number of amides is 1. The van der Waals surface area contributed by atoms with Crippen LogP contribution in [0.2, 0.25) is 0 Å². The second-order valence-electron chi connectivity index (χ2n) is 4.31. The van der Waals surface area contributed by atoms with E-state index in [0.717, 1.165) is 4.31 Å². The van der Waals surface area contributed by atoms with E-state index in [2.05, 4.69) is 15.6 Å². The van der Waals surface area contributed by atoms with Crippen molar-refractivity contribution in [2.75, 3.05) is 38.3 Å². The molecule has 0 fully saturated rings. The van der Waals surface area contributed by atoms with Crippen molar-refractivity contribution in [3.63, 3.8) is 0 Å². The van der Waals surface area contributed by atoms with Crippen LogP contribution in [-0.2, 0) is 10.0 Å². The van der Waals surface area contributed by atoms with Gasteiger partial charge in [-0.2, -0.15) is 0 Å². The molecule has 0 aromatic carbocycles. The lowest BCUT2D eigenvalue weighted by Crippen LogP contribution is -2.33. The highest BCUT2D eigenvalue weighted by atomic mass is 32.2. The molecule has 20 heavy (non-hydrogen) atoms. The van der Waals surface area contributed by atoms with Crippen LogP contribution >= 0.6 is 0 Å². The normalized spacial score (nSPS) is 11.4. The van der Waals surface area contributed by atoms with E-state index in [1.54, 1.807) is 12.1 Å². The Hall–Kier alpha value is -1.67. The molecule has 0 spiro atoms. The number of nitrogens with one attached hydrogen (secondary N) is 2. The number of hydrogen-bond acceptors (Lipinski definition) is 5. The SMILES string of the molecule is CCNc1cc(C(=O)NCCS(=O)(=O)N(C)C)ccn1. The lowest BCUT2D eigenvalue weighted by molar-refractivity contribution is 0.0956. The Balaban J connectivity index is 2.57. The van der Waals surface area contributed by atoms with Crippen molar-refractivity contribution in [1.29, 1.82) is 0 Å². The van der Waals surface area contributed by atoms with Crippen LogP contribution in [-0.4, -0.2) is 56.6 Å². The Morgan fingerprint density at radius 2 is 2.10 bits per heavy atom. The Labute approximate surface area is 119 Å². The fourth-order valence-corrected chi connectivity index (χ4v) is 2.15. The predicted molar refractivity (Wildman–Crippen MR) is 78.2 cm³/mol. The van der Waals surface area contributed by atoms with Crippen molar-refractivity contribution < 1.29 is 13.2 Å². The molecule has 1 heterocycles. The number of rotatable bonds is 7. The summed E-state index contributed by atoms with van der Waals surface area (Å²) in [5, 5.41) is 5.58. The molecular weight excluding hydrogens is 280 g/mol. The Bertz CT molecular complexity index is 558. The average molecular weight is 300 g/mol. The van der Waals surface area contributed by atoms with Crippen molar-refractivity contribution in [2.45, 2.75) is 6.92 Å². The number of carbonyl (C=O) groups excluding carboxylic acids is 1. The first-order chi connectivity index (χ1) is 9.36. The van der Waals surface area contributed by atoms with E-state index in [1.807, 2.05) is 6.92 Å². The van der Waals surface area contributed by atoms with Crippen molar-refractivity contribution in [1.82, 2.24) is 14.6 Å². The summed E-state index contributed by atoms with van der Waals surface area (Å²) in [6.07, 6.45) is 1.53. The molecule has 112 valence electrons. The van der Waals surface area contributed by atoms with E-state index in [1.165, 1.54) is 20.3 Å². The Morgan fingerprint density at radius 1 is 1.40 bits per heavy atom. The van der Waals surface area contributed by atoms with Crippen molar-refractivity contribution in [2.24, 2.45) is 0 Å². The standard InChI is InChI=1S/C12H20N4O3S/c1-4-13-11-9-10(5-6-14-11)12(17)15-7-8-20(18,19)16(2)3/h5-6,9H,4,7-8H2,1-3H3,(H,13,14)(H,15,17). The maximum atomic E-state index is 11.9. The second kappa shape index (κ2) is 7.20. The van der Waals surface area contributed by atoms with Gasteiger partial charge in [0.15, 0.2) is 0 Å². The first-order valence-electron chi connectivity index (χ1n) is 6.25. The van der Waals surface area contributed by atoms with Crippen LogP contribution < -0.4 is 10.6 Å². The zero-order valence-corrected chi connectivity index (χ0v) is 12.7. The summed E-state index contributed by atoms with van der Waals surface area (Å²) in [4.78, 5) is 15.9. The molecule has 1 amide bonds. The lowest BCUT2D eigenvalue weighted by Gasteiger charge is -2.11. The van der Waals surface area contributed by atoms with Crippen molar-refractivity contribution in [3.05, 3.63) is 23.9 Å². The van der Waals surface area contributed by atoms with Crippen LogP contribution in [0.25, 0.3) is 0 Å². The van der Waals surface area contributed by atoms with Gasteiger partial charge in [-0.25, -0.2) is 17.7 Å². The van der Waals surface area contributed by atoms with E-state index in [-0.39, 0.29) is 18.2 Å². The third-order valence-corrected chi connectivity index (χ3v) is 4.41. The third-order valence-electron chi connectivity index (χ3n) is 2.58. The maximum Gasteiger partial charge on any atom is 0.251 e. The summed E-state index contributed by atoms with van der Waals surface area (Å²) >= 11 is 0. The summed E-state index contributed by atoms with van der Waals surface area (Å²) in [6, 6.07) is 3.20. The zero-order valence-electron chi connectivity index (χ0n) is 11.9. The number of nitrogens with zero attached hydrogens (tertiary/aromatic N) is 2. The maximum absolute atomic E-state index is 11.9. The second-order valence-corrected chi connectivity index (χ2v) is 6.62. The van der Waals surface area contributed by atoms with Gasteiger partial charge in [0.25, 0.3) is 5.91 Å². The van der Waals surface area contributed by atoms with Gasteiger partial charge in [-0.15, -0.1) is 0 Å².